The van der Waals surface area contributed by atoms with Gasteiger partial charge in [0.05, 0.1) is 11.1 Å². The molecule has 3 N–H and O–H groups in total. The fourth-order valence-corrected chi connectivity index (χ4v) is 6.80. The van der Waals surface area contributed by atoms with Gasteiger partial charge in [-0.3, -0.25) is 28.5 Å². The van der Waals surface area contributed by atoms with Gasteiger partial charge in [-0.2, -0.15) is 0 Å². The molecule has 46 heavy (non-hydrogen) atoms. The molecule has 4 amide bonds. The van der Waals surface area contributed by atoms with Crippen molar-refractivity contribution in [1.82, 2.24) is 30.0 Å². The molecule has 240 valence electrons. The Labute approximate surface area is 269 Å². The highest BCUT2D eigenvalue weighted by molar-refractivity contribution is 7.81. The number of halogens is 1. The first-order chi connectivity index (χ1) is 22.1. The van der Waals surface area contributed by atoms with Crippen molar-refractivity contribution in [3.63, 3.8) is 0 Å². The summed E-state index contributed by atoms with van der Waals surface area (Å²) in [6.45, 7) is 1.04. The molecule has 2 aliphatic carbocycles. The van der Waals surface area contributed by atoms with Crippen molar-refractivity contribution < 1.29 is 28.7 Å². The maximum absolute atomic E-state index is 13.5. The highest BCUT2D eigenvalue weighted by Crippen LogP contribution is 2.43. The van der Waals surface area contributed by atoms with Gasteiger partial charge < -0.3 is 25.5 Å². The lowest BCUT2D eigenvalue weighted by Crippen LogP contribution is -2.57. The monoisotopic (exact) mass is 648 g/mol. The molecule has 3 aliphatic heterocycles. The van der Waals surface area contributed by atoms with E-state index in [0.717, 1.165) is 0 Å². The number of allylic oxidation sites excluding steroid dienone is 3. The number of aromatic nitrogens is 2. The van der Waals surface area contributed by atoms with Crippen molar-refractivity contribution in [2.24, 2.45) is 5.92 Å². The van der Waals surface area contributed by atoms with Crippen molar-refractivity contribution in [2.45, 2.75) is 50.7 Å². The number of piperazine rings is 1. The van der Waals surface area contributed by atoms with Gasteiger partial charge in [0, 0.05) is 50.6 Å². The summed E-state index contributed by atoms with van der Waals surface area (Å²) in [5.74, 6) is -3.70. The van der Waals surface area contributed by atoms with Crippen LogP contribution in [0.25, 0.3) is 0 Å². The smallest absolute Gasteiger partial charge is 0.312 e. The number of aromatic hydroxyl groups is 1. The van der Waals surface area contributed by atoms with Gasteiger partial charge in [0.25, 0.3) is 17.4 Å². The van der Waals surface area contributed by atoms with E-state index in [1.807, 2.05) is 6.08 Å². The second kappa shape index (κ2) is 12.6. The van der Waals surface area contributed by atoms with Crippen LogP contribution in [-0.4, -0.2) is 79.1 Å². The Morgan fingerprint density at radius 2 is 1.72 bits per heavy atom. The molecule has 7 rings (SSSR count). The summed E-state index contributed by atoms with van der Waals surface area (Å²) in [7, 11) is 0. The Bertz CT molecular complexity index is 1740. The number of rotatable bonds is 5. The zero-order chi connectivity index (χ0) is 32.6. The molecular formula is C32H33FN6O6S. The highest BCUT2D eigenvalue weighted by Gasteiger charge is 2.47. The molecular weight excluding hydrogens is 615 g/mol. The van der Waals surface area contributed by atoms with Crippen LogP contribution in [0.15, 0.2) is 52.9 Å². The number of thiocarbonyl (C=S) groups is 1. The molecule has 2 bridgehead atoms. The predicted molar refractivity (Wildman–Crippen MR) is 167 cm³/mol. The average molecular weight is 649 g/mol. The van der Waals surface area contributed by atoms with E-state index in [-0.39, 0.29) is 56.9 Å². The zero-order valence-electron chi connectivity index (χ0n) is 25.0. The molecule has 1 saturated heterocycles. The summed E-state index contributed by atoms with van der Waals surface area (Å²) in [6.07, 6.45) is 7.94. The number of benzene rings is 1. The van der Waals surface area contributed by atoms with E-state index < -0.39 is 46.1 Å². The number of hydrogen-bond acceptors (Lipinski definition) is 8. The van der Waals surface area contributed by atoms with Crippen molar-refractivity contribution in [3.05, 3.63) is 81.3 Å². The van der Waals surface area contributed by atoms with Gasteiger partial charge in [-0.25, -0.2) is 9.37 Å². The van der Waals surface area contributed by atoms with Gasteiger partial charge in [-0.05, 0) is 55.4 Å². The second-order valence-corrected chi connectivity index (χ2v) is 12.6. The van der Waals surface area contributed by atoms with Gasteiger partial charge in [0.1, 0.15) is 11.6 Å². The molecule has 2 aromatic rings. The van der Waals surface area contributed by atoms with Gasteiger partial charge in [0.15, 0.2) is 5.69 Å². The van der Waals surface area contributed by atoms with Crippen LogP contribution in [0.4, 0.5) is 4.39 Å². The largest absolute Gasteiger partial charge is 0.501 e. The molecule has 14 heteroatoms. The molecule has 1 aromatic carbocycles. The molecule has 2 fully saturated rings. The normalized spacial score (nSPS) is 22.1. The number of nitrogens with zero attached hydrogens (tertiary/aromatic N) is 4. The van der Waals surface area contributed by atoms with Crippen LogP contribution >= 0.6 is 12.2 Å². The van der Waals surface area contributed by atoms with Crippen molar-refractivity contribution in [2.75, 3.05) is 26.2 Å². The molecule has 0 atom stereocenters. The Morgan fingerprint density at radius 1 is 1.04 bits per heavy atom. The lowest BCUT2D eigenvalue weighted by Gasteiger charge is -2.38. The lowest BCUT2D eigenvalue weighted by molar-refractivity contribution is -0.149. The van der Waals surface area contributed by atoms with E-state index >= 15 is 0 Å². The molecule has 12 nitrogen and oxygen atoms in total. The van der Waals surface area contributed by atoms with Gasteiger partial charge in [0.2, 0.25) is 5.75 Å². The van der Waals surface area contributed by atoms with Crippen LogP contribution in [0.5, 0.6) is 5.75 Å². The van der Waals surface area contributed by atoms with E-state index in [4.69, 9.17) is 12.2 Å². The minimum Gasteiger partial charge on any atom is -0.501 e. The number of fused-ring (bicyclic) bond motifs is 2. The van der Waals surface area contributed by atoms with Crippen LogP contribution in [0.1, 0.15) is 54.0 Å². The predicted octanol–water partition coefficient (Wildman–Crippen LogP) is 1.46. The summed E-state index contributed by atoms with van der Waals surface area (Å²) >= 11 is 5.33. The van der Waals surface area contributed by atoms with E-state index in [1.54, 1.807) is 17.1 Å². The molecule has 0 radical (unpaired) electrons. The number of carbonyl (C=O) groups is 4. The molecule has 4 heterocycles. The summed E-state index contributed by atoms with van der Waals surface area (Å²) < 4.78 is 14.6. The summed E-state index contributed by atoms with van der Waals surface area (Å²) in [4.78, 5) is 74.3. The Balaban J connectivity index is 1.18. The molecule has 0 spiro atoms. The summed E-state index contributed by atoms with van der Waals surface area (Å²) in [6, 6.07) is 5.49. The standard InChI is InChI=1S/C32H33FN6O6S/c33-21-7-5-19(6-8-21)17-34-26(41)24-25(40)29(44)39-18-20-9-11-32(12-10-20,31(39)35-24)36-27(42)30(45)38-15-13-37(14-16-38)28(43)22-3-1-2-4-23(22)46/h1-3,5-8,20,40H,4,9-18H2,(H,34,41)(H,36,42). The van der Waals surface area contributed by atoms with E-state index in [1.165, 1.54) is 33.7 Å². The number of nitrogens with one attached hydrogen (secondary N) is 2. The SMILES string of the molecule is O=C(NC12CCC(CC1)Cn1c2nc(C(=O)NCc2ccc(F)cc2)c(O)c1=O)C(=O)N1CCN(C(=O)C2=CC=CCC2=S)CC1. The molecule has 1 saturated carbocycles. The minimum atomic E-state index is -1.22. The van der Waals surface area contributed by atoms with Crippen LogP contribution in [0.3, 0.4) is 0 Å². The number of hydrogen-bond donors (Lipinski definition) is 3. The van der Waals surface area contributed by atoms with E-state index in [2.05, 4.69) is 15.6 Å². The number of amides is 4. The lowest BCUT2D eigenvalue weighted by atomic mass is 9.77. The van der Waals surface area contributed by atoms with Crippen LogP contribution in [-0.2, 0) is 33.0 Å². The van der Waals surface area contributed by atoms with Crippen molar-refractivity contribution >= 4 is 40.7 Å². The van der Waals surface area contributed by atoms with Crippen molar-refractivity contribution in [3.8, 4) is 5.75 Å². The summed E-state index contributed by atoms with van der Waals surface area (Å²) in [5.41, 5.74) is -1.45. The second-order valence-electron chi connectivity index (χ2n) is 12.1. The Hall–Kier alpha value is -4.72. The van der Waals surface area contributed by atoms with Gasteiger partial charge in [-0.1, -0.05) is 36.5 Å². The molecule has 0 unspecified atom stereocenters. The average Bonchev–Trinajstić information content (AvgIpc) is 3.31. The van der Waals surface area contributed by atoms with Crippen molar-refractivity contribution in [1.29, 1.82) is 0 Å². The third-order valence-corrected chi connectivity index (χ3v) is 9.58. The van der Waals surface area contributed by atoms with E-state index in [0.29, 0.717) is 48.1 Å². The first-order valence-corrected chi connectivity index (χ1v) is 15.6. The topological polar surface area (TPSA) is 154 Å². The third kappa shape index (κ3) is 5.96. The van der Waals surface area contributed by atoms with Gasteiger partial charge >= 0.3 is 11.8 Å². The quantitative estimate of drug-likeness (QED) is 0.326. The highest BCUT2D eigenvalue weighted by atomic mass is 32.1. The maximum Gasteiger partial charge on any atom is 0.312 e. The number of carbonyl (C=O) groups excluding carboxylic acids is 4. The Kier molecular flexibility index (Phi) is 8.55. The maximum atomic E-state index is 13.5. The third-order valence-electron chi connectivity index (χ3n) is 9.19. The minimum absolute atomic E-state index is 0.00269. The molecule has 1 aromatic heterocycles. The molecule has 5 aliphatic rings. The summed E-state index contributed by atoms with van der Waals surface area (Å²) in [5, 5.41) is 16.2. The first-order valence-electron chi connectivity index (χ1n) is 15.2. The fraction of sp³-hybridized carbons (Fsp3) is 0.406. The van der Waals surface area contributed by atoms with E-state index in [9.17, 15) is 33.5 Å². The van der Waals surface area contributed by atoms with Crippen LogP contribution < -0.4 is 16.2 Å². The first kappa shape index (κ1) is 31.3. The van der Waals surface area contributed by atoms with Gasteiger partial charge in [-0.15, -0.1) is 0 Å². The zero-order valence-corrected chi connectivity index (χ0v) is 25.8. The van der Waals surface area contributed by atoms with Crippen LogP contribution in [0, 0.1) is 11.7 Å². The fourth-order valence-electron chi connectivity index (χ4n) is 6.55. The Morgan fingerprint density at radius 3 is 2.39 bits per heavy atom. The van der Waals surface area contributed by atoms with Crippen LogP contribution in [0.2, 0.25) is 0 Å².